The Labute approximate surface area is 176 Å². The van der Waals surface area contributed by atoms with Crippen LogP contribution in [0.4, 0.5) is 16.2 Å². The van der Waals surface area contributed by atoms with Crippen molar-refractivity contribution in [1.29, 1.82) is 0 Å². The smallest absolute Gasteiger partial charge is 0.417 e. The Morgan fingerprint density at radius 3 is 2.50 bits per heavy atom. The molecule has 0 fully saturated rings. The van der Waals surface area contributed by atoms with Gasteiger partial charge in [-0.15, -0.1) is 0 Å². The zero-order valence-electron chi connectivity index (χ0n) is 17.3. The van der Waals surface area contributed by atoms with Gasteiger partial charge in [-0.2, -0.15) is 0 Å². The van der Waals surface area contributed by atoms with Gasteiger partial charge in [-0.25, -0.2) is 4.79 Å². The number of carbonyl (C=O) groups is 1. The Kier molecular flexibility index (Phi) is 5.61. The van der Waals surface area contributed by atoms with Crippen molar-refractivity contribution in [2.45, 2.75) is 32.7 Å². The summed E-state index contributed by atoms with van der Waals surface area (Å²) in [5, 5.41) is 12.2. The normalized spacial score (nSPS) is 12.7. The summed E-state index contributed by atoms with van der Waals surface area (Å²) in [5.41, 5.74) is 5.40. The van der Waals surface area contributed by atoms with E-state index >= 15 is 0 Å². The topological polar surface area (TPSA) is 61.8 Å². The Balaban J connectivity index is 1.38. The maximum atomic E-state index is 12.3. The number of anilines is 2. The van der Waals surface area contributed by atoms with Crippen LogP contribution in [0.1, 0.15) is 36.5 Å². The summed E-state index contributed by atoms with van der Waals surface area (Å²) >= 11 is 0. The lowest BCUT2D eigenvalue weighted by atomic mass is 10.0. The van der Waals surface area contributed by atoms with Crippen LogP contribution < -0.4 is 15.0 Å². The summed E-state index contributed by atoms with van der Waals surface area (Å²) in [6.07, 6.45) is 0.411. The van der Waals surface area contributed by atoms with Gasteiger partial charge < -0.3 is 14.7 Å². The van der Waals surface area contributed by atoms with Crippen LogP contribution in [-0.4, -0.2) is 17.7 Å². The molecule has 0 aromatic heterocycles. The Bertz CT molecular complexity index is 1030. The molecule has 3 aromatic rings. The Hall–Kier alpha value is -3.47. The predicted octanol–water partition coefficient (Wildman–Crippen LogP) is 5.69. The lowest BCUT2D eigenvalue weighted by Gasteiger charge is -2.19. The van der Waals surface area contributed by atoms with Crippen molar-refractivity contribution in [2.75, 3.05) is 16.8 Å². The summed E-state index contributed by atoms with van der Waals surface area (Å²) in [6, 6.07) is 20.9. The highest BCUT2D eigenvalue weighted by molar-refractivity contribution is 5.86. The molecule has 3 aromatic carbocycles. The number of phenols is 1. The highest BCUT2D eigenvalue weighted by atomic mass is 16.6. The third-order valence-corrected chi connectivity index (χ3v) is 5.39. The van der Waals surface area contributed by atoms with E-state index in [1.54, 1.807) is 12.1 Å². The summed E-state index contributed by atoms with van der Waals surface area (Å²) in [6.45, 7) is 5.96. The molecule has 154 valence electrons. The molecule has 5 heteroatoms. The van der Waals surface area contributed by atoms with Crippen LogP contribution in [0.5, 0.6) is 11.5 Å². The van der Waals surface area contributed by atoms with Crippen molar-refractivity contribution >= 4 is 17.5 Å². The van der Waals surface area contributed by atoms with Crippen molar-refractivity contribution in [3.05, 3.63) is 83.4 Å². The van der Waals surface area contributed by atoms with Crippen molar-refractivity contribution in [1.82, 2.24) is 0 Å². The monoisotopic (exact) mass is 402 g/mol. The van der Waals surface area contributed by atoms with Gasteiger partial charge in [0.2, 0.25) is 0 Å². The minimum atomic E-state index is -0.494. The number of carbonyl (C=O) groups excluding carboxylic acids is 1. The molecule has 30 heavy (non-hydrogen) atoms. The van der Waals surface area contributed by atoms with Gasteiger partial charge in [-0.1, -0.05) is 38.1 Å². The molecule has 0 atom stereocenters. The molecule has 0 saturated heterocycles. The van der Waals surface area contributed by atoms with Crippen LogP contribution in [0.15, 0.2) is 66.7 Å². The second-order valence-electron chi connectivity index (χ2n) is 7.92. The number of benzene rings is 3. The van der Waals surface area contributed by atoms with Gasteiger partial charge in [0.25, 0.3) is 0 Å². The average Bonchev–Trinajstić information content (AvgIpc) is 3.12. The molecule has 0 saturated carbocycles. The highest BCUT2D eigenvalue weighted by Crippen LogP contribution is 2.32. The maximum Gasteiger partial charge on any atom is 0.417 e. The average molecular weight is 402 g/mol. The number of rotatable bonds is 5. The van der Waals surface area contributed by atoms with E-state index in [4.69, 9.17) is 4.74 Å². The van der Waals surface area contributed by atoms with Gasteiger partial charge in [-0.05, 0) is 71.5 Å². The first-order chi connectivity index (χ1) is 14.5. The molecule has 1 heterocycles. The van der Waals surface area contributed by atoms with Gasteiger partial charge in [0.15, 0.2) is 0 Å². The third kappa shape index (κ3) is 4.57. The van der Waals surface area contributed by atoms with E-state index in [9.17, 15) is 9.90 Å². The Morgan fingerprint density at radius 2 is 1.80 bits per heavy atom. The zero-order valence-corrected chi connectivity index (χ0v) is 17.3. The number of ether oxygens (including phenoxy) is 1. The summed E-state index contributed by atoms with van der Waals surface area (Å²) < 4.78 is 5.49. The fourth-order valence-corrected chi connectivity index (χ4v) is 3.70. The van der Waals surface area contributed by atoms with Crippen molar-refractivity contribution in [3.63, 3.8) is 0 Å². The van der Waals surface area contributed by atoms with Gasteiger partial charge in [0, 0.05) is 24.5 Å². The van der Waals surface area contributed by atoms with E-state index in [1.807, 2.05) is 54.6 Å². The number of nitrogens with one attached hydrogen (secondary N) is 1. The molecule has 2 N–H and O–H groups in total. The first-order valence-electron chi connectivity index (χ1n) is 10.2. The zero-order chi connectivity index (χ0) is 21.1. The van der Waals surface area contributed by atoms with E-state index in [2.05, 4.69) is 24.1 Å². The van der Waals surface area contributed by atoms with E-state index < -0.39 is 6.09 Å². The van der Waals surface area contributed by atoms with Gasteiger partial charge in [0.05, 0.1) is 0 Å². The molecule has 4 rings (SSSR count). The molecule has 0 spiro atoms. The molecule has 1 amide bonds. The lowest BCUT2D eigenvalue weighted by Crippen LogP contribution is -2.19. The molecular weight excluding hydrogens is 376 g/mol. The second-order valence-corrected chi connectivity index (χ2v) is 7.92. The number of aromatic hydroxyl groups is 1. The van der Waals surface area contributed by atoms with Crippen LogP contribution in [0.3, 0.4) is 0 Å². The number of amides is 1. The van der Waals surface area contributed by atoms with Crippen molar-refractivity contribution < 1.29 is 14.6 Å². The predicted molar refractivity (Wildman–Crippen MR) is 119 cm³/mol. The van der Waals surface area contributed by atoms with Crippen LogP contribution in [0.25, 0.3) is 0 Å². The van der Waals surface area contributed by atoms with Crippen molar-refractivity contribution in [2.24, 2.45) is 0 Å². The maximum absolute atomic E-state index is 12.3. The minimum Gasteiger partial charge on any atom is -0.508 e. The first kappa shape index (κ1) is 19.8. The van der Waals surface area contributed by atoms with Crippen LogP contribution in [0.2, 0.25) is 0 Å². The van der Waals surface area contributed by atoms with Crippen LogP contribution in [-0.2, 0) is 13.0 Å². The largest absolute Gasteiger partial charge is 0.508 e. The fourth-order valence-electron chi connectivity index (χ4n) is 3.70. The van der Waals surface area contributed by atoms with Crippen molar-refractivity contribution in [3.8, 4) is 11.5 Å². The number of phenolic OH excluding ortho intramolecular Hbond substituents is 1. The van der Waals surface area contributed by atoms with E-state index in [0.717, 1.165) is 30.8 Å². The molecular formula is C25H26N2O3. The van der Waals surface area contributed by atoms with Crippen LogP contribution >= 0.6 is 0 Å². The highest BCUT2D eigenvalue weighted by Gasteiger charge is 2.20. The summed E-state index contributed by atoms with van der Waals surface area (Å²) in [7, 11) is 0. The Morgan fingerprint density at radius 1 is 1.07 bits per heavy atom. The SMILES string of the molecule is CC(C)c1ccc(NC(=O)Oc2ccc3c(c2)CCN3Cc2ccc(O)cc2)cc1. The molecule has 0 radical (unpaired) electrons. The van der Waals surface area contributed by atoms with Gasteiger partial charge >= 0.3 is 6.09 Å². The molecule has 0 bridgehead atoms. The standard InChI is InChI=1S/C25H26N2O3/c1-17(2)19-5-7-21(8-6-19)26-25(29)30-23-11-12-24-20(15-23)13-14-27(24)16-18-3-9-22(28)10-4-18/h3-12,15,17,28H,13-14,16H2,1-2H3,(H,26,29). The number of fused-ring (bicyclic) bond motifs is 1. The molecule has 0 unspecified atom stereocenters. The van der Waals surface area contributed by atoms with E-state index in [-0.39, 0.29) is 5.75 Å². The van der Waals surface area contributed by atoms with Gasteiger partial charge in [-0.3, -0.25) is 5.32 Å². The molecule has 5 nitrogen and oxygen atoms in total. The molecule has 1 aliphatic rings. The second kappa shape index (κ2) is 8.49. The first-order valence-corrected chi connectivity index (χ1v) is 10.2. The molecule has 0 aliphatic carbocycles. The number of hydrogen-bond acceptors (Lipinski definition) is 4. The number of nitrogens with zero attached hydrogens (tertiary/aromatic N) is 1. The summed E-state index contributed by atoms with van der Waals surface area (Å²) in [5.74, 6) is 1.26. The molecule has 1 aliphatic heterocycles. The van der Waals surface area contributed by atoms with E-state index in [1.165, 1.54) is 11.1 Å². The quantitative estimate of drug-likeness (QED) is 0.576. The lowest BCUT2D eigenvalue weighted by molar-refractivity contribution is 0.215. The minimum absolute atomic E-state index is 0.275. The number of hydrogen-bond donors (Lipinski definition) is 2. The summed E-state index contributed by atoms with van der Waals surface area (Å²) in [4.78, 5) is 14.6. The van der Waals surface area contributed by atoms with Gasteiger partial charge in [0.1, 0.15) is 11.5 Å². The van der Waals surface area contributed by atoms with E-state index in [0.29, 0.717) is 17.4 Å². The third-order valence-electron chi connectivity index (χ3n) is 5.39. The fraction of sp³-hybridized carbons (Fsp3) is 0.240. The van der Waals surface area contributed by atoms with Crippen LogP contribution in [0, 0.1) is 0 Å².